The van der Waals surface area contributed by atoms with Gasteiger partial charge in [-0.1, -0.05) is 13.8 Å². The standard InChI is InChI=1S/C17H18FN3S2/c1-10(2)8-9-22-17-15-16(23-11(3)19-15)14(20-21-17)12-4-6-13(18)7-5-12/h4-7,10H,8-9H2,1-3H3. The molecule has 0 aliphatic carbocycles. The van der Waals surface area contributed by atoms with Crippen LogP contribution >= 0.6 is 23.1 Å². The minimum Gasteiger partial charge on any atom is -0.238 e. The van der Waals surface area contributed by atoms with Crippen LogP contribution < -0.4 is 0 Å². The van der Waals surface area contributed by atoms with E-state index in [2.05, 4.69) is 29.0 Å². The summed E-state index contributed by atoms with van der Waals surface area (Å²) in [6.45, 7) is 6.42. The van der Waals surface area contributed by atoms with Crippen molar-refractivity contribution < 1.29 is 4.39 Å². The third-order valence-corrected chi connectivity index (χ3v) is 5.41. The molecule has 0 N–H and O–H groups in total. The summed E-state index contributed by atoms with van der Waals surface area (Å²) in [4.78, 5) is 4.64. The Hall–Kier alpha value is -1.53. The molecular weight excluding hydrogens is 329 g/mol. The van der Waals surface area contributed by atoms with Crippen molar-refractivity contribution in [2.75, 3.05) is 5.75 Å². The Bertz CT molecular complexity index is 813. The highest BCUT2D eigenvalue weighted by atomic mass is 32.2. The molecule has 0 fully saturated rings. The first-order valence-electron chi connectivity index (χ1n) is 7.57. The van der Waals surface area contributed by atoms with Crippen molar-refractivity contribution in [3.05, 3.63) is 35.1 Å². The number of halogens is 1. The van der Waals surface area contributed by atoms with Crippen LogP contribution in [0.25, 0.3) is 21.5 Å². The van der Waals surface area contributed by atoms with Crippen molar-refractivity contribution in [3.63, 3.8) is 0 Å². The van der Waals surface area contributed by atoms with E-state index in [1.54, 1.807) is 35.2 Å². The zero-order valence-electron chi connectivity index (χ0n) is 13.3. The molecule has 0 saturated carbocycles. The molecule has 1 aromatic carbocycles. The van der Waals surface area contributed by atoms with Gasteiger partial charge in [0.2, 0.25) is 0 Å². The van der Waals surface area contributed by atoms with E-state index in [1.807, 2.05) is 6.92 Å². The van der Waals surface area contributed by atoms with Gasteiger partial charge in [-0.2, -0.15) is 0 Å². The van der Waals surface area contributed by atoms with Gasteiger partial charge in [-0.15, -0.1) is 33.3 Å². The summed E-state index contributed by atoms with van der Waals surface area (Å²) in [6.07, 6.45) is 1.14. The number of hydrogen-bond acceptors (Lipinski definition) is 5. The maximum Gasteiger partial charge on any atom is 0.146 e. The van der Waals surface area contributed by atoms with Crippen molar-refractivity contribution >= 4 is 33.3 Å². The largest absolute Gasteiger partial charge is 0.238 e. The Morgan fingerprint density at radius 1 is 1.17 bits per heavy atom. The highest BCUT2D eigenvalue weighted by Crippen LogP contribution is 2.35. The molecule has 2 heterocycles. The summed E-state index contributed by atoms with van der Waals surface area (Å²) in [7, 11) is 0. The van der Waals surface area contributed by atoms with Crippen molar-refractivity contribution in [2.45, 2.75) is 32.2 Å². The zero-order chi connectivity index (χ0) is 16.4. The number of rotatable bonds is 5. The number of nitrogens with zero attached hydrogens (tertiary/aromatic N) is 3. The van der Waals surface area contributed by atoms with Crippen molar-refractivity contribution in [1.29, 1.82) is 0 Å². The quantitative estimate of drug-likeness (QED) is 0.584. The first-order valence-corrected chi connectivity index (χ1v) is 9.37. The molecule has 3 aromatic rings. The number of aryl methyl sites for hydroxylation is 1. The molecule has 0 unspecified atom stereocenters. The number of thiazole rings is 1. The molecule has 3 rings (SSSR count). The molecule has 3 nitrogen and oxygen atoms in total. The van der Waals surface area contributed by atoms with Gasteiger partial charge < -0.3 is 0 Å². The molecule has 6 heteroatoms. The van der Waals surface area contributed by atoms with E-state index in [0.29, 0.717) is 5.92 Å². The van der Waals surface area contributed by atoms with Gasteiger partial charge in [-0.25, -0.2) is 9.37 Å². The van der Waals surface area contributed by atoms with Crippen LogP contribution in [0.1, 0.15) is 25.3 Å². The summed E-state index contributed by atoms with van der Waals surface area (Å²) in [6, 6.07) is 6.36. The Morgan fingerprint density at radius 3 is 2.61 bits per heavy atom. The predicted octanol–water partition coefficient (Wildman–Crippen LogP) is 5.34. The Labute approximate surface area is 143 Å². The van der Waals surface area contributed by atoms with E-state index in [4.69, 9.17) is 0 Å². The number of benzene rings is 1. The second kappa shape index (κ2) is 6.93. The monoisotopic (exact) mass is 347 g/mol. The maximum atomic E-state index is 13.1. The minimum absolute atomic E-state index is 0.251. The van der Waals surface area contributed by atoms with Crippen LogP contribution in [0.3, 0.4) is 0 Å². The van der Waals surface area contributed by atoms with Crippen LogP contribution in [0, 0.1) is 18.7 Å². The molecule has 0 amide bonds. The molecule has 0 radical (unpaired) electrons. The van der Waals surface area contributed by atoms with Gasteiger partial charge >= 0.3 is 0 Å². The van der Waals surface area contributed by atoms with Gasteiger partial charge in [0.1, 0.15) is 22.1 Å². The topological polar surface area (TPSA) is 38.7 Å². The van der Waals surface area contributed by atoms with Crippen LogP contribution in [0.5, 0.6) is 0 Å². The molecule has 23 heavy (non-hydrogen) atoms. The van der Waals surface area contributed by atoms with Crippen LogP contribution in [-0.4, -0.2) is 20.9 Å². The summed E-state index contributed by atoms with van der Waals surface area (Å²) in [5, 5.41) is 10.6. The highest BCUT2D eigenvalue weighted by molar-refractivity contribution is 7.99. The number of hydrogen-bond donors (Lipinski definition) is 0. The fourth-order valence-electron chi connectivity index (χ4n) is 2.21. The Balaban J connectivity index is 2.00. The molecule has 0 saturated heterocycles. The van der Waals surface area contributed by atoms with Crippen molar-refractivity contribution in [3.8, 4) is 11.3 Å². The maximum absolute atomic E-state index is 13.1. The van der Waals surface area contributed by atoms with Crippen molar-refractivity contribution in [2.24, 2.45) is 5.92 Å². The molecule has 0 aliphatic rings. The summed E-state index contributed by atoms with van der Waals surface area (Å²) >= 11 is 3.32. The average Bonchev–Trinajstić information content (AvgIpc) is 2.90. The zero-order valence-corrected chi connectivity index (χ0v) is 15.0. The lowest BCUT2D eigenvalue weighted by Crippen LogP contribution is -1.95. The number of thioether (sulfide) groups is 1. The van der Waals surface area contributed by atoms with E-state index in [9.17, 15) is 4.39 Å². The van der Waals surface area contributed by atoms with E-state index in [1.165, 1.54) is 12.1 Å². The number of fused-ring (bicyclic) bond motifs is 1. The molecular formula is C17H18FN3S2. The van der Waals surface area contributed by atoms with Crippen LogP contribution in [0.15, 0.2) is 29.3 Å². The van der Waals surface area contributed by atoms with Gasteiger partial charge in [-0.05, 0) is 49.3 Å². The second-order valence-corrected chi connectivity index (χ2v) is 8.09. The van der Waals surface area contributed by atoms with Gasteiger partial charge in [0, 0.05) is 5.56 Å². The lowest BCUT2D eigenvalue weighted by atomic mass is 10.1. The fourth-order valence-corrected chi connectivity index (χ4v) is 4.36. The lowest BCUT2D eigenvalue weighted by Gasteiger charge is -2.06. The number of aromatic nitrogens is 3. The normalized spacial score (nSPS) is 11.5. The van der Waals surface area contributed by atoms with Crippen LogP contribution in [0.2, 0.25) is 0 Å². The highest BCUT2D eigenvalue weighted by Gasteiger charge is 2.16. The first-order chi connectivity index (χ1) is 11.0. The molecule has 0 atom stereocenters. The Kier molecular flexibility index (Phi) is 4.92. The van der Waals surface area contributed by atoms with Crippen LogP contribution in [-0.2, 0) is 0 Å². The Morgan fingerprint density at radius 2 is 1.91 bits per heavy atom. The predicted molar refractivity (Wildman–Crippen MR) is 95.5 cm³/mol. The SMILES string of the molecule is Cc1nc2c(SCCC(C)C)nnc(-c3ccc(F)cc3)c2s1. The third kappa shape index (κ3) is 3.70. The first kappa shape index (κ1) is 16.3. The summed E-state index contributed by atoms with van der Waals surface area (Å²) in [5.74, 6) is 1.43. The molecule has 0 spiro atoms. The molecule has 0 bridgehead atoms. The van der Waals surface area contributed by atoms with Gasteiger partial charge in [0.25, 0.3) is 0 Å². The average molecular weight is 347 g/mol. The van der Waals surface area contributed by atoms with Crippen molar-refractivity contribution in [1.82, 2.24) is 15.2 Å². The minimum atomic E-state index is -0.251. The van der Waals surface area contributed by atoms with E-state index in [-0.39, 0.29) is 5.82 Å². The van der Waals surface area contributed by atoms with E-state index in [0.717, 1.165) is 43.7 Å². The summed E-state index contributed by atoms with van der Waals surface area (Å²) < 4.78 is 14.2. The summed E-state index contributed by atoms with van der Waals surface area (Å²) in [5.41, 5.74) is 2.56. The smallest absolute Gasteiger partial charge is 0.146 e. The molecule has 2 aromatic heterocycles. The third-order valence-electron chi connectivity index (χ3n) is 3.44. The molecule has 0 aliphatic heterocycles. The van der Waals surface area contributed by atoms with E-state index >= 15 is 0 Å². The van der Waals surface area contributed by atoms with Crippen LogP contribution in [0.4, 0.5) is 4.39 Å². The molecule has 120 valence electrons. The fraction of sp³-hybridized carbons (Fsp3) is 0.353. The second-order valence-electron chi connectivity index (χ2n) is 5.80. The lowest BCUT2D eigenvalue weighted by molar-refractivity contribution is 0.628. The van der Waals surface area contributed by atoms with E-state index < -0.39 is 0 Å². The van der Waals surface area contributed by atoms with Gasteiger partial charge in [-0.3, -0.25) is 0 Å². The van der Waals surface area contributed by atoms with Gasteiger partial charge in [0.15, 0.2) is 0 Å². The van der Waals surface area contributed by atoms with Gasteiger partial charge in [0.05, 0.1) is 9.71 Å².